The molecule has 10 amide bonds. The number of primary amides is 1. The van der Waals surface area contributed by atoms with Crippen LogP contribution in [0.2, 0.25) is 0 Å². The molecule has 2 rings (SSSR count). The van der Waals surface area contributed by atoms with Crippen LogP contribution in [0.3, 0.4) is 0 Å². The number of carbonyl (C=O) groups is 11. The first-order valence-corrected chi connectivity index (χ1v) is 21.7. The average molecular weight is 908 g/mol. The van der Waals surface area contributed by atoms with Gasteiger partial charge in [-0.25, -0.2) is 0 Å². The lowest BCUT2D eigenvalue weighted by Crippen LogP contribution is -2.60. The smallest absolute Gasteiger partial charge is 0.245 e. The quantitative estimate of drug-likeness (QED) is 0.0416. The number of hydrogen-bond acceptors (Lipinski definition) is 13. The predicted molar refractivity (Wildman–Crippen MR) is 230 cm³/mol. The van der Waals surface area contributed by atoms with Gasteiger partial charge in [0.25, 0.3) is 0 Å². The van der Waals surface area contributed by atoms with Gasteiger partial charge in [-0.05, 0) is 64.7 Å². The van der Waals surface area contributed by atoms with Crippen molar-refractivity contribution in [3.8, 4) is 0 Å². The Bertz CT molecular complexity index is 1730. The SMILES string of the molecule is CCN(C)C(=O)[C@@H]1CCCN1C(=O)CNC(=O)[C@H](C)NC(=O)[C@H](CC(C)C)NC(=O)[C@@H](NC(=O)[C@H](CC(C)=O)NC(=O)[C@H](CCC(N)=O)NC(=O)CNC(=O)[C@@H]1C[C@@H](O)CN1)C(C)C. The molecule has 2 saturated heterocycles. The van der Waals surface area contributed by atoms with E-state index in [4.69, 9.17) is 5.73 Å². The maximum Gasteiger partial charge on any atom is 0.245 e. The molecule has 23 nitrogen and oxygen atoms in total. The number of aliphatic hydroxyl groups is 1. The minimum Gasteiger partial charge on any atom is -0.392 e. The van der Waals surface area contributed by atoms with Crippen LogP contribution in [0.15, 0.2) is 0 Å². The van der Waals surface area contributed by atoms with Crippen molar-refractivity contribution in [3.05, 3.63) is 0 Å². The Morgan fingerprint density at radius 2 is 1.42 bits per heavy atom. The second kappa shape index (κ2) is 26.2. The van der Waals surface area contributed by atoms with Crippen LogP contribution in [0.25, 0.3) is 0 Å². The first kappa shape index (κ1) is 54.4. The molecular formula is C41H69N11O12. The summed E-state index contributed by atoms with van der Waals surface area (Å²) in [7, 11) is 1.65. The Balaban J connectivity index is 2.12. The Hall–Kier alpha value is -5.71. The molecule has 0 bridgehead atoms. The largest absolute Gasteiger partial charge is 0.392 e. The summed E-state index contributed by atoms with van der Waals surface area (Å²) in [4.78, 5) is 145. The predicted octanol–water partition coefficient (Wildman–Crippen LogP) is -4.20. The van der Waals surface area contributed by atoms with Gasteiger partial charge in [0, 0.05) is 39.5 Å². The van der Waals surface area contributed by atoms with Crippen molar-refractivity contribution in [2.45, 2.75) is 142 Å². The fourth-order valence-corrected chi connectivity index (χ4v) is 7.06. The third-order valence-corrected chi connectivity index (χ3v) is 10.8. The van der Waals surface area contributed by atoms with E-state index in [1.807, 2.05) is 6.92 Å². The fourth-order valence-electron chi connectivity index (χ4n) is 7.06. The van der Waals surface area contributed by atoms with Gasteiger partial charge < -0.3 is 63.2 Å². The number of β-amino-alcohol motifs (C(OH)–C–C–N with tert-alkyl or cyclic N) is 1. The third kappa shape index (κ3) is 17.8. The lowest BCUT2D eigenvalue weighted by molar-refractivity contribution is -0.143. The molecule has 0 aromatic heterocycles. The summed E-state index contributed by atoms with van der Waals surface area (Å²) in [6.45, 7) is 11.3. The molecule has 0 aromatic carbocycles. The number of hydrogen-bond donors (Lipinski definition) is 10. The van der Waals surface area contributed by atoms with E-state index in [9.17, 15) is 57.8 Å². The number of carbonyl (C=O) groups excluding carboxylic acids is 11. The summed E-state index contributed by atoms with van der Waals surface area (Å²) in [5.41, 5.74) is 5.28. The second-order valence-electron chi connectivity index (χ2n) is 17.1. The van der Waals surface area contributed by atoms with Gasteiger partial charge in [-0.2, -0.15) is 0 Å². The fraction of sp³-hybridized carbons (Fsp3) is 0.732. The molecule has 2 aliphatic rings. The summed E-state index contributed by atoms with van der Waals surface area (Å²) in [6, 6.07) is -8.02. The molecule has 360 valence electrons. The number of nitrogens with zero attached hydrogens (tertiary/aromatic N) is 2. The van der Waals surface area contributed by atoms with Gasteiger partial charge in [-0.1, -0.05) is 27.7 Å². The number of likely N-dealkylation sites (N-methyl/N-ethyl adjacent to an activating group) is 1. The number of aliphatic hydroxyl groups excluding tert-OH is 1. The van der Waals surface area contributed by atoms with Crippen LogP contribution in [0.1, 0.15) is 93.4 Å². The summed E-state index contributed by atoms with van der Waals surface area (Å²) in [5, 5.41) is 29.9. The van der Waals surface area contributed by atoms with Gasteiger partial charge >= 0.3 is 0 Å². The number of amides is 10. The Morgan fingerprint density at radius 3 is 1.98 bits per heavy atom. The lowest BCUT2D eigenvalue weighted by atomic mass is 9.99. The molecule has 0 aliphatic carbocycles. The van der Waals surface area contributed by atoms with E-state index in [2.05, 4.69) is 42.5 Å². The van der Waals surface area contributed by atoms with Crippen LogP contribution in [-0.2, 0) is 52.7 Å². The molecule has 23 heteroatoms. The number of likely N-dealkylation sites (tertiary alicyclic amines) is 1. The molecule has 0 saturated carbocycles. The highest BCUT2D eigenvalue weighted by molar-refractivity contribution is 5.99. The summed E-state index contributed by atoms with van der Waals surface area (Å²) >= 11 is 0. The van der Waals surface area contributed by atoms with E-state index in [1.54, 1.807) is 34.7 Å². The van der Waals surface area contributed by atoms with Crippen molar-refractivity contribution in [3.63, 3.8) is 0 Å². The van der Waals surface area contributed by atoms with E-state index in [1.165, 1.54) is 23.6 Å². The Labute approximate surface area is 373 Å². The molecule has 0 spiro atoms. The normalized spacial score (nSPS) is 19.3. The number of nitrogens with two attached hydrogens (primary N) is 1. The van der Waals surface area contributed by atoms with Gasteiger partial charge in [0.1, 0.15) is 42.0 Å². The van der Waals surface area contributed by atoms with Crippen LogP contribution in [0.5, 0.6) is 0 Å². The number of ketones is 1. The minimum atomic E-state index is -1.57. The highest BCUT2D eigenvalue weighted by atomic mass is 16.3. The highest BCUT2D eigenvalue weighted by Gasteiger charge is 2.37. The first-order chi connectivity index (χ1) is 29.9. The van der Waals surface area contributed by atoms with Crippen LogP contribution < -0.4 is 48.3 Å². The van der Waals surface area contributed by atoms with Crippen LogP contribution in [-0.4, -0.2) is 168 Å². The molecule has 0 unspecified atom stereocenters. The van der Waals surface area contributed by atoms with Crippen molar-refractivity contribution in [2.75, 3.05) is 39.8 Å². The molecule has 2 aliphatic heterocycles. The zero-order valence-corrected chi connectivity index (χ0v) is 38.2. The maximum absolute atomic E-state index is 13.8. The summed E-state index contributed by atoms with van der Waals surface area (Å²) in [6.07, 6.45) is -0.529. The summed E-state index contributed by atoms with van der Waals surface area (Å²) in [5.74, 6) is -8.22. The maximum atomic E-state index is 13.8. The molecule has 0 aromatic rings. The second-order valence-corrected chi connectivity index (χ2v) is 17.1. The van der Waals surface area contributed by atoms with Crippen molar-refractivity contribution < 1.29 is 57.8 Å². The van der Waals surface area contributed by atoms with Crippen LogP contribution in [0, 0.1) is 11.8 Å². The molecular weight excluding hydrogens is 839 g/mol. The van der Waals surface area contributed by atoms with Gasteiger partial charge in [-0.3, -0.25) is 52.7 Å². The number of rotatable bonds is 25. The van der Waals surface area contributed by atoms with Gasteiger partial charge in [-0.15, -0.1) is 0 Å². The molecule has 0 radical (unpaired) electrons. The van der Waals surface area contributed by atoms with Crippen molar-refractivity contribution in [1.29, 1.82) is 0 Å². The van der Waals surface area contributed by atoms with E-state index in [-0.39, 0.29) is 44.1 Å². The monoisotopic (exact) mass is 908 g/mol. The van der Waals surface area contributed by atoms with E-state index < -0.39 is 133 Å². The van der Waals surface area contributed by atoms with Crippen molar-refractivity contribution >= 4 is 64.9 Å². The average Bonchev–Trinajstić information content (AvgIpc) is 3.90. The zero-order valence-electron chi connectivity index (χ0n) is 38.2. The molecule has 64 heavy (non-hydrogen) atoms. The molecule has 2 fully saturated rings. The molecule has 8 atom stereocenters. The number of Topliss-reactive ketones (excluding diaryl/α,β-unsaturated/α-hetero) is 1. The van der Waals surface area contributed by atoms with Gasteiger partial charge in [0.15, 0.2) is 0 Å². The Kier molecular flexibility index (Phi) is 22.3. The van der Waals surface area contributed by atoms with E-state index >= 15 is 0 Å². The van der Waals surface area contributed by atoms with E-state index in [0.717, 1.165) is 0 Å². The zero-order chi connectivity index (χ0) is 48.4. The van der Waals surface area contributed by atoms with Crippen LogP contribution >= 0.6 is 0 Å². The molecule has 11 N–H and O–H groups in total. The minimum absolute atomic E-state index is 0.117. The Morgan fingerprint density at radius 1 is 0.797 bits per heavy atom. The third-order valence-electron chi connectivity index (χ3n) is 10.8. The standard InChI is InChI=1S/C41H69N11O12/c1-9-51(8)41(64)30-11-10-14-52(30)33(57)20-45-35(58)24(7)46-38(61)28(15-21(2)3)49-40(63)34(22(4)5)50-39(62)29(16-23(6)53)48-37(60)26(12-13-31(42)55)47-32(56)19-44-36(59)27-17-25(54)18-43-27/h21-22,24-30,34,43,54H,9-20H2,1-8H3,(H2,42,55)(H,44,59)(H,45,58)(H,46,61)(H,47,56)(H,48,60)(H,49,63)(H,50,62)/t24-,25+,26-,27-,28-,29-,30-,34-/m0/s1. The van der Waals surface area contributed by atoms with Crippen molar-refractivity contribution in [2.24, 2.45) is 17.6 Å². The topological polar surface area (TPSA) is 337 Å². The number of nitrogens with one attached hydrogen (secondary N) is 8. The van der Waals surface area contributed by atoms with Crippen molar-refractivity contribution in [1.82, 2.24) is 52.3 Å². The van der Waals surface area contributed by atoms with Gasteiger partial charge in [0.05, 0.1) is 25.2 Å². The highest BCUT2D eigenvalue weighted by Crippen LogP contribution is 2.19. The lowest BCUT2D eigenvalue weighted by Gasteiger charge is -2.29. The molecule has 2 heterocycles. The van der Waals surface area contributed by atoms with E-state index in [0.29, 0.717) is 25.9 Å². The van der Waals surface area contributed by atoms with Crippen LogP contribution in [0.4, 0.5) is 0 Å². The summed E-state index contributed by atoms with van der Waals surface area (Å²) < 4.78 is 0. The first-order valence-electron chi connectivity index (χ1n) is 21.7. The van der Waals surface area contributed by atoms with Gasteiger partial charge in [0.2, 0.25) is 59.1 Å².